The zero-order valence-corrected chi connectivity index (χ0v) is 22.0. The predicted molar refractivity (Wildman–Crippen MR) is 144 cm³/mol. The Labute approximate surface area is 219 Å². The number of anilines is 2. The molecular weight excluding hydrogens is 596 g/mol. The van der Waals surface area contributed by atoms with E-state index in [2.05, 4.69) is 52.1 Å². The summed E-state index contributed by atoms with van der Waals surface area (Å²) in [6, 6.07) is 27.0. The van der Waals surface area contributed by atoms with E-state index in [4.69, 9.17) is 0 Å². The Kier molecular flexibility index (Phi) is 7.74. The topological polar surface area (TPSA) is 100.0 Å². The molecule has 4 aromatic carbocycles. The van der Waals surface area contributed by atoms with Gasteiger partial charge in [0.1, 0.15) is 0 Å². The number of rotatable bonds is 7. The van der Waals surface area contributed by atoms with Gasteiger partial charge in [0.05, 0.1) is 27.5 Å². The summed E-state index contributed by atoms with van der Waals surface area (Å²) in [6.07, 6.45) is 0. The van der Waals surface area contributed by atoms with Crippen LogP contribution in [0.1, 0.15) is 10.4 Å². The third-order valence-corrected chi connectivity index (χ3v) is 7.16. The highest BCUT2D eigenvalue weighted by Gasteiger charge is 2.19. The highest BCUT2D eigenvalue weighted by atomic mass is 79.9. The first-order valence-electron chi connectivity index (χ1n) is 10.3. The normalized spacial score (nSPS) is 11.4. The molecule has 4 rings (SSSR count). The second-order valence-electron chi connectivity index (χ2n) is 7.29. The summed E-state index contributed by atoms with van der Waals surface area (Å²) in [6.45, 7) is 0. The molecule has 0 saturated heterocycles. The summed E-state index contributed by atoms with van der Waals surface area (Å²) in [5, 5.41) is 11.0. The van der Waals surface area contributed by atoms with E-state index in [1.807, 2.05) is 30.3 Å². The Morgan fingerprint density at radius 3 is 1.97 bits per heavy atom. The van der Waals surface area contributed by atoms with Crippen LogP contribution in [0.5, 0.6) is 0 Å². The smallest absolute Gasteiger partial charge is 0.261 e. The van der Waals surface area contributed by atoms with Gasteiger partial charge in [-0.15, -0.1) is 0 Å². The Morgan fingerprint density at radius 2 is 1.31 bits per heavy atom. The molecule has 0 aromatic heterocycles. The van der Waals surface area contributed by atoms with E-state index in [0.717, 1.165) is 4.47 Å². The van der Waals surface area contributed by atoms with Crippen LogP contribution in [-0.2, 0) is 10.0 Å². The van der Waals surface area contributed by atoms with Gasteiger partial charge >= 0.3 is 0 Å². The molecule has 4 aromatic rings. The average molecular weight is 614 g/mol. The molecule has 0 aliphatic carbocycles. The van der Waals surface area contributed by atoms with Crippen molar-refractivity contribution >= 4 is 70.5 Å². The van der Waals surface area contributed by atoms with Gasteiger partial charge in [-0.3, -0.25) is 9.52 Å². The van der Waals surface area contributed by atoms with E-state index >= 15 is 0 Å². The van der Waals surface area contributed by atoms with Crippen LogP contribution >= 0.6 is 31.9 Å². The van der Waals surface area contributed by atoms with Crippen molar-refractivity contribution in [1.82, 2.24) is 0 Å². The van der Waals surface area contributed by atoms with Gasteiger partial charge in [0, 0.05) is 14.6 Å². The number of hydrogen-bond acceptors (Lipinski definition) is 5. The zero-order chi connectivity index (χ0) is 24.8. The van der Waals surface area contributed by atoms with Gasteiger partial charge in [0.25, 0.3) is 15.9 Å². The molecule has 0 radical (unpaired) electrons. The maximum atomic E-state index is 13.0. The fourth-order valence-corrected chi connectivity index (χ4v) is 4.74. The first-order chi connectivity index (χ1) is 16.8. The van der Waals surface area contributed by atoms with Gasteiger partial charge in [-0.2, -0.15) is 10.2 Å². The SMILES string of the molecule is O=C(Nc1ccc(Br)cc1)c1cc(Br)ccc1NS(=O)(=O)c1ccc(/N=N/c2ccccc2)cc1. The first-order valence-corrected chi connectivity index (χ1v) is 13.3. The van der Waals surface area contributed by atoms with Crippen molar-refractivity contribution in [3.8, 4) is 0 Å². The number of nitrogens with one attached hydrogen (secondary N) is 2. The van der Waals surface area contributed by atoms with Crippen LogP contribution in [0, 0.1) is 0 Å². The summed E-state index contributed by atoms with van der Waals surface area (Å²) < 4.78 is 30.1. The monoisotopic (exact) mass is 612 g/mol. The Balaban J connectivity index is 1.53. The standard InChI is InChI=1S/C25H18Br2N4O3S/c26-17-6-9-19(10-7-17)28-25(32)23-16-18(27)8-15-24(23)31-35(33,34)22-13-11-21(12-14-22)30-29-20-4-2-1-3-5-20/h1-16,31H,(H,28,32)/b30-29+. The number of carbonyl (C=O) groups is 1. The highest BCUT2D eigenvalue weighted by Crippen LogP contribution is 2.27. The van der Waals surface area contributed by atoms with E-state index in [1.54, 1.807) is 48.5 Å². The lowest BCUT2D eigenvalue weighted by Crippen LogP contribution is -2.18. The molecule has 10 heteroatoms. The van der Waals surface area contributed by atoms with Crippen molar-refractivity contribution in [2.24, 2.45) is 10.2 Å². The fourth-order valence-electron chi connectivity index (χ4n) is 3.03. The van der Waals surface area contributed by atoms with Crippen molar-refractivity contribution in [2.75, 3.05) is 10.0 Å². The quantitative estimate of drug-likeness (QED) is 0.209. The maximum absolute atomic E-state index is 13.0. The lowest BCUT2D eigenvalue weighted by Gasteiger charge is -2.13. The number of carbonyl (C=O) groups excluding carboxylic acids is 1. The average Bonchev–Trinajstić information content (AvgIpc) is 2.86. The molecule has 0 bridgehead atoms. The first kappa shape index (κ1) is 24.8. The Hall–Kier alpha value is -3.34. The number of azo groups is 1. The fraction of sp³-hybridized carbons (Fsp3) is 0. The van der Waals surface area contributed by atoms with E-state index < -0.39 is 15.9 Å². The van der Waals surface area contributed by atoms with Crippen LogP contribution < -0.4 is 10.0 Å². The number of benzene rings is 4. The minimum absolute atomic E-state index is 0.0262. The molecule has 2 N–H and O–H groups in total. The van der Waals surface area contributed by atoms with E-state index in [-0.39, 0.29) is 16.1 Å². The Morgan fingerprint density at radius 1 is 0.714 bits per heavy atom. The van der Waals surface area contributed by atoms with E-state index in [0.29, 0.717) is 21.5 Å². The lowest BCUT2D eigenvalue weighted by atomic mass is 10.1. The highest BCUT2D eigenvalue weighted by molar-refractivity contribution is 9.10. The maximum Gasteiger partial charge on any atom is 0.261 e. The van der Waals surface area contributed by atoms with Gasteiger partial charge in [-0.05, 0) is 78.9 Å². The molecule has 0 saturated carbocycles. The minimum Gasteiger partial charge on any atom is -0.322 e. The number of nitrogens with zero attached hydrogens (tertiary/aromatic N) is 2. The summed E-state index contributed by atoms with van der Waals surface area (Å²) in [5.41, 5.74) is 2.09. The summed E-state index contributed by atoms with van der Waals surface area (Å²) in [7, 11) is -3.97. The largest absolute Gasteiger partial charge is 0.322 e. The molecule has 0 spiro atoms. The zero-order valence-electron chi connectivity index (χ0n) is 18.0. The molecule has 35 heavy (non-hydrogen) atoms. The van der Waals surface area contributed by atoms with Crippen molar-refractivity contribution < 1.29 is 13.2 Å². The molecule has 7 nitrogen and oxygen atoms in total. The molecule has 1 amide bonds. The van der Waals surface area contributed by atoms with Gasteiger partial charge in [0.2, 0.25) is 0 Å². The number of halogens is 2. The lowest BCUT2D eigenvalue weighted by molar-refractivity contribution is 0.102. The van der Waals surface area contributed by atoms with Crippen LogP contribution in [0.25, 0.3) is 0 Å². The van der Waals surface area contributed by atoms with Crippen LogP contribution in [0.3, 0.4) is 0 Å². The molecular formula is C25H18Br2N4O3S. The molecule has 0 aliphatic rings. The molecule has 0 atom stereocenters. The van der Waals surface area contributed by atoms with Crippen molar-refractivity contribution in [2.45, 2.75) is 4.90 Å². The van der Waals surface area contributed by atoms with Crippen LogP contribution in [0.4, 0.5) is 22.7 Å². The summed E-state index contributed by atoms with van der Waals surface area (Å²) in [5.74, 6) is -0.456. The van der Waals surface area contributed by atoms with Gasteiger partial charge in [-0.25, -0.2) is 8.42 Å². The van der Waals surface area contributed by atoms with E-state index in [1.165, 1.54) is 18.2 Å². The molecule has 176 valence electrons. The third-order valence-electron chi connectivity index (χ3n) is 4.76. The summed E-state index contributed by atoms with van der Waals surface area (Å²) >= 11 is 6.69. The van der Waals surface area contributed by atoms with Crippen molar-refractivity contribution in [3.63, 3.8) is 0 Å². The van der Waals surface area contributed by atoms with Gasteiger partial charge in [0.15, 0.2) is 0 Å². The number of sulfonamides is 1. The van der Waals surface area contributed by atoms with Crippen molar-refractivity contribution in [3.05, 3.63) is 112 Å². The Bertz CT molecular complexity index is 1480. The van der Waals surface area contributed by atoms with Crippen LogP contribution in [-0.4, -0.2) is 14.3 Å². The van der Waals surface area contributed by atoms with Gasteiger partial charge in [-0.1, -0.05) is 50.1 Å². The van der Waals surface area contributed by atoms with E-state index in [9.17, 15) is 13.2 Å². The van der Waals surface area contributed by atoms with Gasteiger partial charge < -0.3 is 5.32 Å². The summed E-state index contributed by atoms with van der Waals surface area (Å²) in [4.78, 5) is 13.0. The predicted octanol–water partition coefficient (Wildman–Crippen LogP) is 7.68. The molecule has 0 aliphatic heterocycles. The van der Waals surface area contributed by atoms with Crippen LogP contribution in [0.15, 0.2) is 121 Å². The third kappa shape index (κ3) is 6.62. The molecule has 0 fully saturated rings. The van der Waals surface area contributed by atoms with Crippen molar-refractivity contribution in [1.29, 1.82) is 0 Å². The number of amides is 1. The molecule has 0 unspecified atom stereocenters. The second kappa shape index (κ2) is 10.9. The second-order valence-corrected chi connectivity index (χ2v) is 10.8. The molecule has 0 heterocycles. The van der Waals surface area contributed by atoms with Crippen LogP contribution in [0.2, 0.25) is 0 Å². The number of hydrogen-bond donors (Lipinski definition) is 2. The minimum atomic E-state index is -3.97.